The van der Waals surface area contributed by atoms with Crippen molar-refractivity contribution >= 4 is 5.91 Å². The first kappa shape index (κ1) is 15.8. The first-order valence-corrected chi connectivity index (χ1v) is 7.37. The molecule has 1 aliphatic rings. The number of ether oxygens (including phenoxy) is 2. The molecule has 1 saturated heterocycles. The lowest BCUT2D eigenvalue weighted by Gasteiger charge is -2.36. The van der Waals surface area contributed by atoms with Gasteiger partial charge in [0, 0.05) is 37.8 Å². The molecule has 0 aromatic heterocycles. The van der Waals surface area contributed by atoms with Gasteiger partial charge in [-0.05, 0) is 32.0 Å². The fourth-order valence-corrected chi connectivity index (χ4v) is 2.64. The van der Waals surface area contributed by atoms with E-state index in [-0.39, 0.29) is 5.91 Å². The quantitative estimate of drug-likeness (QED) is 0.836. The minimum atomic E-state index is 0.0624. The Morgan fingerprint density at radius 1 is 1.29 bits per heavy atom. The maximum Gasteiger partial charge on any atom is 0.254 e. The molecule has 5 nitrogen and oxygen atoms in total. The predicted octanol–water partition coefficient (Wildman–Crippen LogP) is 1.53. The summed E-state index contributed by atoms with van der Waals surface area (Å²) in [5.74, 6) is 0.765. The topological polar surface area (TPSA) is 50.8 Å². The molecule has 1 amide bonds. The average molecular weight is 292 g/mol. The predicted molar refractivity (Wildman–Crippen MR) is 81.8 cm³/mol. The Kier molecular flexibility index (Phi) is 5.59. The van der Waals surface area contributed by atoms with E-state index in [4.69, 9.17) is 9.47 Å². The van der Waals surface area contributed by atoms with Crippen LogP contribution in [0.3, 0.4) is 0 Å². The summed E-state index contributed by atoms with van der Waals surface area (Å²) in [4.78, 5) is 14.5. The largest absolute Gasteiger partial charge is 0.491 e. The second-order valence-corrected chi connectivity index (χ2v) is 5.55. The maximum absolute atomic E-state index is 12.6. The van der Waals surface area contributed by atoms with Crippen molar-refractivity contribution in [2.45, 2.75) is 25.9 Å². The summed E-state index contributed by atoms with van der Waals surface area (Å²) >= 11 is 0. The highest BCUT2D eigenvalue weighted by Crippen LogP contribution is 2.16. The number of amides is 1. The molecular formula is C16H24N2O3. The van der Waals surface area contributed by atoms with Crippen LogP contribution in [0.4, 0.5) is 0 Å². The number of carbonyl (C=O) groups excluding carboxylic acids is 1. The van der Waals surface area contributed by atoms with E-state index >= 15 is 0 Å². The van der Waals surface area contributed by atoms with Crippen molar-refractivity contribution in [3.63, 3.8) is 0 Å². The van der Waals surface area contributed by atoms with Crippen LogP contribution in [-0.2, 0) is 4.74 Å². The van der Waals surface area contributed by atoms with Crippen LogP contribution in [0.25, 0.3) is 0 Å². The van der Waals surface area contributed by atoms with Gasteiger partial charge in [-0.3, -0.25) is 4.79 Å². The molecule has 1 aliphatic heterocycles. The van der Waals surface area contributed by atoms with E-state index in [0.29, 0.717) is 36.6 Å². The third-order valence-corrected chi connectivity index (χ3v) is 3.48. The van der Waals surface area contributed by atoms with E-state index in [2.05, 4.69) is 19.2 Å². The highest BCUT2D eigenvalue weighted by atomic mass is 16.5. The van der Waals surface area contributed by atoms with E-state index < -0.39 is 0 Å². The Morgan fingerprint density at radius 2 is 2.00 bits per heavy atom. The molecule has 2 rings (SSSR count). The number of rotatable bonds is 5. The molecule has 0 bridgehead atoms. The normalized spacial score (nSPS) is 22.1. The number of carbonyl (C=O) groups is 1. The smallest absolute Gasteiger partial charge is 0.254 e. The van der Waals surface area contributed by atoms with Crippen LogP contribution in [0.15, 0.2) is 24.3 Å². The van der Waals surface area contributed by atoms with Crippen molar-refractivity contribution in [2.75, 3.05) is 33.4 Å². The van der Waals surface area contributed by atoms with Crippen LogP contribution < -0.4 is 10.1 Å². The van der Waals surface area contributed by atoms with E-state index in [0.717, 1.165) is 13.1 Å². The van der Waals surface area contributed by atoms with Gasteiger partial charge < -0.3 is 19.7 Å². The molecule has 0 radical (unpaired) electrons. The fourth-order valence-electron chi connectivity index (χ4n) is 2.64. The lowest BCUT2D eigenvalue weighted by atomic mass is 10.1. The first-order valence-electron chi connectivity index (χ1n) is 7.37. The molecule has 0 aliphatic carbocycles. The van der Waals surface area contributed by atoms with E-state index in [9.17, 15) is 4.79 Å². The number of piperazine rings is 1. The summed E-state index contributed by atoms with van der Waals surface area (Å²) in [7, 11) is 1.63. The van der Waals surface area contributed by atoms with Crippen LogP contribution in [-0.4, -0.2) is 56.3 Å². The summed E-state index contributed by atoms with van der Waals surface area (Å²) in [5, 5.41) is 3.43. The molecule has 0 spiro atoms. The van der Waals surface area contributed by atoms with Crippen molar-refractivity contribution in [3.8, 4) is 5.75 Å². The Morgan fingerprint density at radius 3 is 2.67 bits per heavy atom. The molecule has 0 unspecified atom stereocenters. The third-order valence-electron chi connectivity index (χ3n) is 3.48. The number of benzene rings is 1. The van der Waals surface area contributed by atoms with Crippen molar-refractivity contribution in [2.24, 2.45) is 0 Å². The van der Waals surface area contributed by atoms with Gasteiger partial charge in [0.05, 0.1) is 6.61 Å². The van der Waals surface area contributed by atoms with Crippen LogP contribution in [0, 0.1) is 0 Å². The molecule has 116 valence electrons. The summed E-state index contributed by atoms with van der Waals surface area (Å²) in [6.45, 7) is 6.68. The van der Waals surface area contributed by atoms with Crippen molar-refractivity contribution in [3.05, 3.63) is 29.8 Å². The van der Waals surface area contributed by atoms with Gasteiger partial charge in [-0.2, -0.15) is 0 Å². The number of methoxy groups -OCH3 is 1. The van der Waals surface area contributed by atoms with Gasteiger partial charge >= 0.3 is 0 Å². The van der Waals surface area contributed by atoms with Gasteiger partial charge in [0.25, 0.3) is 5.91 Å². The van der Waals surface area contributed by atoms with E-state index in [1.54, 1.807) is 13.2 Å². The number of hydrogen-bond donors (Lipinski definition) is 1. The molecule has 21 heavy (non-hydrogen) atoms. The Bertz CT molecular complexity index is 468. The van der Waals surface area contributed by atoms with Crippen LogP contribution in [0.1, 0.15) is 24.2 Å². The second-order valence-electron chi connectivity index (χ2n) is 5.55. The monoisotopic (exact) mass is 292 g/mol. The lowest BCUT2D eigenvalue weighted by molar-refractivity contribution is 0.0673. The van der Waals surface area contributed by atoms with E-state index in [1.165, 1.54) is 0 Å². The summed E-state index contributed by atoms with van der Waals surface area (Å²) < 4.78 is 10.5. The van der Waals surface area contributed by atoms with Gasteiger partial charge in [-0.15, -0.1) is 0 Å². The van der Waals surface area contributed by atoms with Gasteiger partial charge in [-0.1, -0.05) is 6.07 Å². The Labute approximate surface area is 126 Å². The minimum Gasteiger partial charge on any atom is -0.491 e. The highest BCUT2D eigenvalue weighted by Gasteiger charge is 2.25. The zero-order valence-corrected chi connectivity index (χ0v) is 13.0. The lowest BCUT2D eigenvalue weighted by Crippen LogP contribution is -2.55. The molecule has 1 aromatic carbocycles. The zero-order valence-electron chi connectivity index (χ0n) is 13.0. The number of nitrogens with zero attached hydrogens (tertiary/aromatic N) is 1. The second kappa shape index (κ2) is 7.43. The van der Waals surface area contributed by atoms with Gasteiger partial charge in [0.15, 0.2) is 0 Å². The highest BCUT2D eigenvalue weighted by molar-refractivity contribution is 5.94. The average Bonchev–Trinajstić information content (AvgIpc) is 2.46. The first-order chi connectivity index (χ1) is 10.1. The van der Waals surface area contributed by atoms with Crippen LogP contribution in [0.5, 0.6) is 5.75 Å². The molecule has 5 heteroatoms. The molecule has 1 heterocycles. The molecular weight excluding hydrogens is 268 g/mol. The van der Waals surface area contributed by atoms with Crippen LogP contribution >= 0.6 is 0 Å². The van der Waals surface area contributed by atoms with Gasteiger partial charge in [-0.25, -0.2) is 0 Å². The number of hydrogen-bond acceptors (Lipinski definition) is 4. The van der Waals surface area contributed by atoms with Gasteiger partial charge in [0.2, 0.25) is 0 Å². The Hall–Kier alpha value is -1.59. The molecule has 1 aromatic rings. The summed E-state index contributed by atoms with van der Waals surface area (Å²) in [6.07, 6.45) is 0. The van der Waals surface area contributed by atoms with E-state index in [1.807, 2.05) is 23.1 Å². The molecule has 1 N–H and O–H groups in total. The molecule has 1 fully saturated rings. The minimum absolute atomic E-state index is 0.0624. The van der Waals surface area contributed by atoms with Crippen molar-refractivity contribution in [1.82, 2.24) is 10.2 Å². The summed E-state index contributed by atoms with van der Waals surface area (Å²) in [6, 6.07) is 7.98. The van der Waals surface area contributed by atoms with Crippen molar-refractivity contribution < 1.29 is 14.3 Å². The Balaban J connectivity index is 2.03. The molecule has 0 saturated carbocycles. The van der Waals surface area contributed by atoms with Crippen LogP contribution in [0.2, 0.25) is 0 Å². The fraction of sp³-hybridized carbons (Fsp3) is 0.562. The summed E-state index contributed by atoms with van der Waals surface area (Å²) in [5.41, 5.74) is 0.672. The SMILES string of the molecule is COCCOc1cccc(C(=O)N2C[C@@H](C)N[C@@H](C)C2)c1. The number of nitrogens with one attached hydrogen (secondary N) is 1. The third kappa shape index (κ3) is 4.44. The zero-order chi connectivity index (χ0) is 15.2. The standard InChI is InChI=1S/C16H24N2O3/c1-12-10-18(11-13(2)17-12)16(19)14-5-4-6-15(9-14)21-8-7-20-3/h4-6,9,12-13,17H,7-8,10-11H2,1-3H3/t12-,13+. The maximum atomic E-state index is 12.6. The van der Waals surface area contributed by atoms with Crippen molar-refractivity contribution in [1.29, 1.82) is 0 Å². The van der Waals surface area contributed by atoms with Gasteiger partial charge in [0.1, 0.15) is 12.4 Å². The molecule has 2 atom stereocenters.